The van der Waals surface area contributed by atoms with E-state index in [1.54, 1.807) is 7.11 Å². The summed E-state index contributed by atoms with van der Waals surface area (Å²) in [5.41, 5.74) is 4.92. The Balaban J connectivity index is -0.000000214. The van der Waals surface area contributed by atoms with Gasteiger partial charge in [-0.1, -0.05) is 39.5 Å². The Morgan fingerprint density at radius 1 is 1.44 bits per heavy atom. The molecule has 0 aromatic carbocycles. The number of nitrogens with two attached hydrogens (primary N) is 1. The maximum Gasteiger partial charge on any atom is 1.00 e. The molecule has 0 aromatic rings. The number of methoxy groups -OCH3 is 1. The summed E-state index contributed by atoms with van der Waals surface area (Å²) in [4.78, 5) is 0. The monoisotopic (exact) mass is 235 g/mol. The quantitative estimate of drug-likeness (QED) is 0.240. The molecule has 0 aliphatic heterocycles. The second kappa shape index (κ2) is 13.2. The van der Waals surface area contributed by atoms with Crippen LogP contribution in [-0.4, -0.2) is 19.6 Å². The number of allylic oxidation sites excluding steroid dienone is 1. The Hall–Kier alpha value is 0.170. The molecule has 0 fully saturated rings. The topological polar surface area (TPSA) is 57.5 Å². The van der Waals surface area contributed by atoms with Crippen molar-refractivity contribution in [2.24, 2.45) is 11.1 Å². The molecule has 2 N–H and O–H groups in total. The fourth-order valence-corrected chi connectivity index (χ4v) is 0.579. The molecule has 90 valence electrons. The van der Waals surface area contributed by atoms with Crippen LogP contribution in [0.3, 0.4) is 0 Å². The van der Waals surface area contributed by atoms with E-state index < -0.39 is 0 Å². The van der Waals surface area contributed by atoms with Crippen molar-refractivity contribution in [3.8, 4) is 0 Å². The van der Waals surface area contributed by atoms with Gasteiger partial charge in [0, 0.05) is 13.7 Å². The van der Waals surface area contributed by atoms with E-state index in [-0.39, 0.29) is 40.8 Å². The van der Waals surface area contributed by atoms with E-state index in [0.29, 0.717) is 0 Å². The van der Waals surface area contributed by atoms with Crippen LogP contribution in [0.1, 0.15) is 40.5 Å². The van der Waals surface area contributed by atoms with Gasteiger partial charge >= 0.3 is 29.6 Å². The summed E-state index contributed by atoms with van der Waals surface area (Å²) in [6.07, 6.45) is 6.68. The zero-order valence-corrected chi connectivity index (χ0v) is 13.6. The molecule has 0 atom stereocenters. The maximum atomic E-state index is 8.49. The third kappa shape index (κ3) is 29.2. The summed E-state index contributed by atoms with van der Waals surface area (Å²) >= 11 is 0. The van der Waals surface area contributed by atoms with Gasteiger partial charge in [0.05, 0.1) is 0 Å². The first-order valence-corrected chi connectivity index (χ1v) is 5.24. The van der Waals surface area contributed by atoms with Crippen LogP contribution < -0.4 is 35.3 Å². The fraction of sp³-hybridized carbons (Fsp3) is 0.750. The van der Waals surface area contributed by atoms with E-state index >= 15 is 0 Å². The van der Waals surface area contributed by atoms with Crippen molar-refractivity contribution in [3.63, 3.8) is 0 Å². The molecule has 16 heavy (non-hydrogen) atoms. The van der Waals surface area contributed by atoms with E-state index in [4.69, 9.17) is 15.9 Å². The van der Waals surface area contributed by atoms with Gasteiger partial charge in [-0.05, 0) is 6.42 Å². The Kier molecular flexibility index (Phi) is 17.7. The van der Waals surface area contributed by atoms with E-state index in [1.165, 1.54) is 18.9 Å². The van der Waals surface area contributed by atoms with Gasteiger partial charge in [0.15, 0.2) is 0 Å². The van der Waals surface area contributed by atoms with Gasteiger partial charge in [-0.15, -0.1) is 0 Å². The van der Waals surface area contributed by atoms with Crippen LogP contribution in [0.25, 0.3) is 5.41 Å². The molecular formula is C12H24N2NaO-. The predicted molar refractivity (Wildman–Crippen MR) is 66.6 cm³/mol. The zero-order chi connectivity index (χ0) is 12.3. The molecule has 0 aliphatic carbocycles. The standard InChI is InChI=1S/C7H12N2.C5H12O.Na/c1-7(2,3)5-4-6(8)9;1-3-4-5-6-2;/h4H,1-3H3,(H2-,8,9);3-5H2,1-2H3;/q-2;;+1. The molecule has 0 aliphatic rings. The van der Waals surface area contributed by atoms with E-state index in [2.05, 4.69) is 13.0 Å². The number of nitrogens with zero attached hydrogens (tertiary/aromatic N) is 1. The summed E-state index contributed by atoms with van der Waals surface area (Å²) in [5.74, 6) is -0.190. The SMILES string of the molecule is CC(C)(C)[C-]=CC(=[N-])N.CCCCOC.[Na+]. The number of unbranched alkanes of at least 4 members (excludes halogenated alkanes) is 1. The number of hydrogen-bond donors (Lipinski definition) is 1. The molecule has 0 saturated heterocycles. The molecule has 4 heteroatoms. The number of ether oxygens (including phenoxy) is 1. The first kappa shape index (κ1) is 21.5. The largest absolute Gasteiger partial charge is 1.00 e. The summed E-state index contributed by atoms with van der Waals surface area (Å²) in [7, 11) is 1.73. The molecule has 0 spiro atoms. The van der Waals surface area contributed by atoms with Crippen molar-refractivity contribution < 1.29 is 34.3 Å². The van der Waals surface area contributed by atoms with Gasteiger partial charge in [-0.25, -0.2) is 11.9 Å². The molecule has 0 aromatic heterocycles. The van der Waals surface area contributed by atoms with Crippen molar-refractivity contribution >= 4 is 5.84 Å². The molecule has 0 amide bonds. The minimum atomic E-state index is -0.190. The van der Waals surface area contributed by atoms with Gasteiger partial charge in [0.2, 0.25) is 0 Å². The van der Waals surface area contributed by atoms with Crippen LogP contribution in [-0.2, 0) is 4.74 Å². The van der Waals surface area contributed by atoms with Gasteiger partial charge in [0.1, 0.15) is 0 Å². The maximum absolute atomic E-state index is 8.49. The van der Waals surface area contributed by atoms with Crippen LogP contribution in [0, 0.1) is 11.5 Å². The molecule has 0 radical (unpaired) electrons. The van der Waals surface area contributed by atoms with E-state index in [1.807, 2.05) is 20.8 Å². The van der Waals surface area contributed by atoms with Gasteiger partial charge in [-0.2, -0.15) is 0 Å². The number of hydrogen-bond acceptors (Lipinski definition) is 1. The third-order valence-electron chi connectivity index (χ3n) is 1.36. The van der Waals surface area contributed by atoms with Gasteiger partial charge < -0.3 is 15.9 Å². The normalized spacial score (nSPS) is 10.3. The fourth-order valence-electron chi connectivity index (χ4n) is 0.579. The Bertz CT molecular complexity index is 182. The van der Waals surface area contributed by atoms with Crippen molar-refractivity contribution in [3.05, 3.63) is 17.6 Å². The van der Waals surface area contributed by atoms with Crippen LogP contribution >= 0.6 is 0 Å². The zero-order valence-electron chi connectivity index (χ0n) is 11.6. The summed E-state index contributed by atoms with van der Waals surface area (Å²) in [6.45, 7) is 9.00. The summed E-state index contributed by atoms with van der Waals surface area (Å²) < 4.78 is 4.78. The average Bonchev–Trinajstić information content (AvgIpc) is 2.11. The van der Waals surface area contributed by atoms with E-state index in [9.17, 15) is 0 Å². The summed E-state index contributed by atoms with van der Waals surface area (Å²) in [5, 5.41) is 8.49. The van der Waals surface area contributed by atoms with Crippen molar-refractivity contribution in [2.45, 2.75) is 40.5 Å². The smallest absolute Gasteiger partial charge is 0.578 e. The number of amidine groups is 1. The molecule has 0 heterocycles. The van der Waals surface area contributed by atoms with Crippen LogP contribution in [0.2, 0.25) is 0 Å². The minimum Gasteiger partial charge on any atom is -0.578 e. The van der Waals surface area contributed by atoms with Crippen LogP contribution in [0.5, 0.6) is 0 Å². The Morgan fingerprint density at radius 3 is 2.06 bits per heavy atom. The molecule has 0 saturated carbocycles. The third-order valence-corrected chi connectivity index (χ3v) is 1.36. The van der Waals surface area contributed by atoms with Crippen molar-refractivity contribution in [2.75, 3.05) is 13.7 Å². The predicted octanol–water partition coefficient (Wildman–Crippen LogP) is -0.245. The Morgan fingerprint density at radius 2 is 1.94 bits per heavy atom. The first-order valence-electron chi connectivity index (χ1n) is 5.24. The molecule has 3 nitrogen and oxygen atoms in total. The van der Waals surface area contributed by atoms with Crippen LogP contribution in [0.15, 0.2) is 6.08 Å². The molecule has 0 unspecified atom stereocenters. The molecular weight excluding hydrogens is 211 g/mol. The molecule has 0 rings (SSSR count). The molecule has 0 bridgehead atoms. The van der Waals surface area contributed by atoms with Crippen LogP contribution in [0.4, 0.5) is 0 Å². The second-order valence-electron chi connectivity index (χ2n) is 4.31. The minimum absolute atomic E-state index is 0. The van der Waals surface area contributed by atoms with Gasteiger partial charge in [0.25, 0.3) is 0 Å². The Labute approximate surface area is 123 Å². The van der Waals surface area contributed by atoms with E-state index in [0.717, 1.165) is 6.61 Å². The summed E-state index contributed by atoms with van der Waals surface area (Å²) in [6, 6.07) is 0. The second-order valence-corrected chi connectivity index (χ2v) is 4.31. The number of rotatable bonds is 4. The van der Waals surface area contributed by atoms with Crippen molar-refractivity contribution in [1.29, 1.82) is 0 Å². The van der Waals surface area contributed by atoms with Crippen molar-refractivity contribution in [1.82, 2.24) is 0 Å². The average molecular weight is 235 g/mol. The van der Waals surface area contributed by atoms with Gasteiger partial charge in [-0.3, -0.25) is 6.08 Å². The first-order chi connectivity index (χ1) is 6.83.